The predicted molar refractivity (Wildman–Crippen MR) is 165 cm³/mol. The maximum Gasteiger partial charge on any atom is 0.116 e. The van der Waals surface area contributed by atoms with E-state index in [1.54, 1.807) is 76.2 Å². The van der Waals surface area contributed by atoms with Gasteiger partial charge in [0.15, 0.2) is 0 Å². The third-order valence-corrected chi connectivity index (χ3v) is 3.71. The Hall–Kier alpha value is -2.51. The summed E-state index contributed by atoms with van der Waals surface area (Å²) in [6.45, 7) is 9.69. The van der Waals surface area contributed by atoms with Crippen LogP contribution in [0.2, 0.25) is 0 Å². The van der Waals surface area contributed by atoms with Gasteiger partial charge in [0.05, 0.1) is 0 Å². The zero-order valence-corrected chi connectivity index (χ0v) is 29.3. The number of hydrogen-bond acceptors (Lipinski definition) is 6. The first-order chi connectivity index (χ1) is 18.9. The number of carbonyl (C=O) groups excluding carboxylic acids is 2. The average molecular weight is 708 g/mol. The number of aliphatic hydroxyl groups is 4. The van der Waals surface area contributed by atoms with Crippen molar-refractivity contribution in [1.82, 2.24) is 0 Å². The number of allylic oxidation sites excluding steroid dienone is 2. The normalized spacial score (nSPS) is 9.44. The molecule has 0 atom stereocenters. The molecule has 4 aromatic carbocycles. The van der Waals surface area contributed by atoms with Gasteiger partial charge in [-0.1, -0.05) is 11.1 Å². The minimum Gasteiger partial charge on any atom is -0.527 e. The monoisotopic (exact) mass is 708 g/mol. The molecule has 0 heterocycles. The fourth-order valence-corrected chi connectivity index (χ4v) is 2.28. The SMILES string of the molecule is CC(=O)/C=C(\O)[c-]1cccc1.CC(=O)/C=C(\O)[c-]1cccc1.CC(C)O.CC(C)O.[Fe].[Fe].[Ti].c1cc[cH-]c1.c1cc[cH-]c1. The molecule has 0 spiro atoms. The van der Waals surface area contributed by atoms with Crippen LogP contribution >= 0.6 is 0 Å². The summed E-state index contributed by atoms with van der Waals surface area (Å²) in [7, 11) is 0. The molecule has 0 aliphatic rings. The summed E-state index contributed by atoms with van der Waals surface area (Å²) in [6, 6.07) is 34.2. The molecule has 9 heteroatoms. The number of carbonyl (C=O) groups is 2. The third-order valence-electron chi connectivity index (χ3n) is 3.71. The van der Waals surface area contributed by atoms with Crippen LogP contribution in [0, 0.1) is 0 Å². The van der Waals surface area contributed by atoms with Gasteiger partial charge in [-0.05, 0) is 53.7 Å². The molecular formula is C34H44Fe2O6Ti-4. The van der Waals surface area contributed by atoms with Gasteiger partial charge in [-0.2, -0.15) is 60.7 Å². The van der Waals surface area contributed by atoms with Gasteiger partial charge in [0.25, 0.3) is 0 Å². The maximum atomic E-state index is 10.5. The van der Waals surface area contributed by atoms with Gasteiger partial charge in [0, 0.05) is 79.6 Å². The Bertz CT molecular complexity index is 996. The summed E-state index contributed by atoms with van der Waals surface area (Å²) < 4.78 is 0. The van der Waals surface area contributed by atoms with Crippen molar-refractivity contribution in [3.05, 3.63) is 132 Å². The van der Waals surface area contributed by atoms with E-state index in [2.05, 4.69) is 0 Å². The molecule has 0 saturated heterocycles. The molecule has 0 aliphatic carbocycles. The molecule has 0 unspecified atom stereocenters. The van der Waals surface area contributed by atoms with Crippen LogP contribution in [0.25, 0.3) is 11.5 Å². The molecule has 0 radical (unpaired) electrons. The zero-order valence-electron chi connectivity index (χ0n) is 25.5. The molecule has 4 aromatic rings. The van der Waals surface area contributed by atoms with E-state index in [1.807, 2.05) is 60.7 Å². The van der Waals surface area contributed by atoms with Crippen molar-refractivity contribution in [2.75, 3.05) is 0 Å². The van der Waals surface area contributed by atoms with Crippen LogP contribution in [-0.4, -0.2) is 44.2 Å². The Labute approximate surface area is 293 Å². The second-order valence-corrected chi connectivity index (χ2v) is 8.74. The van der Waals surface area contributed by atoms with E-state index < -0.39 is 0 Å². The number of rotatable bonds is 4. The molecule has 4 N–H and O–H groups in total. The standard InChI is InChI=1S/2C9H9O2.2C5H5.2C3H8O.2Fe.Ti/c2*1-7(10)6-9(11)8-4-2-3-5-8;2*1-2-4-5-3-1;2*1-3(2)4;;;/h2*2-6,11H,1H3;2*1-5H;2*3-4H,1-2H3;;;/q4*-1;;;;;/b2*9-6-;;;;;;;. The van der Waals surface area contributed by atoms with Gasteiger partial charge in [-0.15, -0.1) is 24.3 Å². The Morgan fingerprint density at radius 3 is 0.930 bits per heavy atom. The second-order valence-electron chi connectivity index (χ2n) is 8.74. The quantitative estimate of drug-likeness (QED) is 0.0763. The Kier molecular flexibility index (Phi) is 39.6. The van der Waals surface area contributed by atoms with Crippen molar-refractivity contribution < 1.29 is 85.9 Å². The molecule has 0 bridgehead atoms. The van der Waals surface area contributed by atoms with Crippen molar-refractivity contribution >= 4 is 23.1 Å². The molecule has 6 nitrogen and oxygen atoms in total. The largest absolute Gasteiger partial charge is 0.527 e. The van der Waals surface area contributed by atoms with E-state index in [0.717, 1.165) is 0 Å². The summed E-state index contributed by atoms with van der Waals surface area (Å²) in [5.74, 6) is -0.239. The molecule has 0 fully saturated rings. The van der Waals surface area contributed by atoms with Crippen molar-refractivity contribution in [3.8, 4) is 0 Å². The van der Waals surface area contributed by atoms with E-state index in [9.17, 15) is 19.8 Å². The Balaban J connectivity index is -0.000000140. The molecule has 0 aromatic heterocycles. The molecule has 0 amide bonds. The fraction of sp³-hybridized carbons (Fsp3) is 0.235. The molecule has 0 aliphatic heterocycles. The fourth-order valence-electron chi connectivity index (χ4n) is 2.28. The number of ketones is 2. The first kappa shape index (κ1) is 50.1. The third kappa shape index (κ3) is 39.5. The summed E-state index contributed by atoms with van der Waals surface area (Å²) in [5, 5.41) is 34.6. The van der Waals surface area contributed by atoms with Gasteiger partial charge >= 0.3 is 0 Å². The van der Waals surface area contributed by atoms with Crippen LogP contribution in [0.4, 0.5) is 0 Å². The number of hydrogen-bond donors (Lipinski definition) is 4. The van der Waals surface area contributed by atoms with Gasteiger partial charge in [-0.3, -0.25) is 0 Å². The first-order valence-electron chi connectivity index (χ1n) is 12.8. The van der Waals surface area contributed by atoms with E-state index in [-0.39, 0.29) is 91.1 Å². The van der Waals surface area contributed by atoms with E-state index >= 15 is 0 Å². The molecule has 4 rings (SSSR count). The summed E-state index contributed by atoms with van der Waals surface area (Å²) in [6.07, 6.45) is 2.07. The van der Waals surface area contributed by atoms with Gasteiger partial charge in [0.2, 0.25) is 0 Å². The van der Waals surface area contributed by atoms with Crippen LogP contribution in [0.15, 0.2) is 121 Å². The molecular weight excluding hydrogens is 664 g/mol. The van der Waals surface area contributed by atoms with E-state index in [1.165, 1.54) is 26.0 Å². The summed E-state index contributed by atoms with van der Waals surface area (Å²) >= 11 is 0. The van der Waals surface area contributed by atoms with Crippen LogP contribution in [0.3, 0.4) is 0 Å². The van der Waals surface area contributed by atoms with Crippen molar-refractivity contribution in [2.45, 2.75) is 53.8 Å². The summed E-state index contributed by atoms with van der Waals surface area (Å²) in [4.78, 5) is 21.0. The molecule has 0 saturated carbocycles. The van der Waals surface area contributed by atoms with Crippen LogP contribution < -0.4 is 0 Å². The van der Waals surface area contributed by atoms with Gasteiger partial charge in [-0.25, -0.2) is 24.3 Å². The smallest absolute Gasteiger partial charge is 0.116 e. The second kappa shape index (κ2) is 34.0. The van der Waals surface area contributed by atoms with E-state index in [0.29, 0.717) is 11.1 Å². The first-order valence-corrected chi connectivity index (χ1v) is 12.8. The van der Waals surface area contributed by atoms with Gasteiger partial charge < -0.3 is 30.0 Å². The minimum atomic E-state index is -0.167. The van der Waals surface area contributed by atoms with Crippen molar-refractivity contribution in [3.63, 3.8) is 0 Å². The maximum absolute atomic E-state index is 10.5. The Morgan fingerprint density at radius 1 is 0.581 bits per heavy atom. The predicted octanol–water partition coefficient (Wildman–Crippen LogP) is 7.36. The Morgan fingerprint density at radius 2 is 0.791 bits per heavy atom. The zero-order chi connectivity index (χ0) is 30.8. The minimum absolute atomic E-state index is 0. The van der Waals surface area contributed by atoms with Crippen LogP contribution in [0.1, 0.15) is 52.7 Å². The van der Waals surface area contributed by atoms with Crippen molar-refractivity contribution in [1.29, 1.82) is 0 Å². The average Bonchev–Trinajstić information content (AvgIpc) is 3.69. The van der Waals surface area contributed by atoms with Crippen LogP contribution in [0.5, 0.6) is 0 Å². The van der Waals surface area contributed by atoms with E-state index in [4.69, 9.17) is 10.2 Å². The van der Waals surface area contributed by atoms with Gasteiger partial charge in [0.1, 0.15) is 11.6 Å². The number of aliphatic hydroxyl groups excluding tert-OH is 4. The topological polar surface area (TPSA) is 115 Å². The molecule has 240 valence electrons. The summed E-state index contributed by atoms with van der Waals surface area (Å²) in [5.41, 5.74) is 1.36. The molecule has 43 heavy (non-hydrogen) atoms. The van der Waals surface area contributed by atoms with Crippen LogP contribution in [-0.2, 0) is 65.4 Å². The van der Waals surface area contributed by atoms with Crippen molar-refractivity contribution in [2.24, 2.45) is 0 Å².